The number of pyridine rings is 1. The minimum absolute atomic E-state index is 0.120. The van der Waals surface area contributed by atoms with Crippen molar-refractivity contribution in [3.63, 3.8) is 0 Å². The van der Waals surface area contributed by atoms with Crippen LogP contribution in [-0.4, -0.2) is 35.9 Å². The number of hydrogen-bond donors (Lipinski definition) is 2. The Hall–Kier alpha value is -2.63. The van der Waals surface area contributed by atoms with E-state index in [0.717, 1.165) is 37.3 Å². The van der Waals surface area contributed by atoms with Crippen LogP contribution in [-0.2, 0) is 0 Å². The summed E-state index contributed by atoms with van der Waals surface area (Å²) in [6.45, 7) is 2.99. The van der Waals surface area contributed by atoms with Gasteiger partial charge in [-0.1, -0.05) is 0 Å². The van der Waals surface area contributed by atoms with E-state index in [1.54, 1.807) is 6.07 Å². The highest BCUT2D eigenvalue weighted by Gasteiger charge is 2.30. The smallest absolute Gasteiger partial charge is 0.202 e. The lowest BCUT2D eigenvalue weighted by Gasteiger charge is -2.30. The highest BCUT2D eigenvalue weighted by Crippen LogP contribution is 2.44. The van der Waals surface area contributed by atoms with Gasteiger partial charge in [-0.3, -0.25) is 4.79 Å². The van der Waals surface area contributed by atoms with Crippen molar-refractivity contribution < 1.29 is 9.50 Å². The van der Waals surface area contributed by atoms with Gasteiger partial charge in [0.15, 0.2) is 5.75 Å². The maximum atomic E-state index is 14.9. The molecule has 6 nitrogen and oxygen atoms in total. The third-order valence-electron chi connectivity index (χ3n) is 5.35. The van der Waals surface area contributed by atoms with Crippen LogP contribution >= 0.6 is 11.3 Å². The Morgan fingerprint density at radius 3 is 2.70 bits per heavy atom. The third kappa shape index (κ3) is 2.42. The Labute approximate surface area is 158 Å². The zero-order valence-electron chi connectivity index (χ0n) is 14.5. The molecule has 0 unspecified atom stereocenters. The molecule has 1 aliphatic heterocycles. The quantitative estimate of drug-likeness (QED) is 0.710. The highest BCUT2D eigenvalue weighted by atomic mass is 32.1. The molecule has 1 saturated heterocycles. The van der Waals surface area contributed by atoms with E-state index in [-0.39, 0.29) is 27.4 Å². The molecule has 138 valence electrons. The molecule has 8 heteroatoms. The first kappa shape index (κ1) is 16.5. The Morgan fingerprint density at radius 1 is 1.30 bits per heavy atom. The Morgan fingerprint density at radius 2 is 2.04 bits per heavy atom. The molecule has 2 fully saturated rings. The van der Waals surface area contributed by atoms with E-state index < -0.39 is 11.2 Å². The van der Waals surface area contributed by atoms with Crippen molar-refractivity contribution in [2.24, 2.45) is 0 Å². The van der Waals surface area contributed by atoms with Crippen molar-refractivity contribution in [1.82, 2.24) is 9.88 Å². The van der Waals surface area contributed by atoms with E-state index in [9.17, 15) is 19.6 Å². The van der Waals surface area contributed by atoms with Crippen LogP contribution in [0.2, 0.25) is 0 Å². The molecule has 0 radical (unpaired) electrons. The number of halogens is 1. The summed E-state index contributed by atoms with van der Waals surface area (Å²) in [5.74, 6) is -0.719. The lowest BCUT2D eigenvalue weighted by Crippen LogP contribution is -2.43. The normalized spacial score (nSPS) is 17.6. The first-order valence-electron chi connectivity index (χ1n) is 8.99. The van der Waals surface area contributed by atoms with Crippen molar-refractivity contribution in [1.29, 1.82) is 5.26 Å². The molecule has 1 aliphatic carbocycles. The number of thiophene rings is 1. The predicted molar refractivity (Wildman–Crippen MR) is 103 cm³/mol. The summed E-state index contributed by atoms with van der Waals surface area (Å²) in [5.41, 5.74) is 0.756. The number of benzene rings is 1. The number of piperazine rings is 1. The Balaban J connectivity index is 1.87. The van der Waals surface area contributed by atoms with E-state index in [1.807, 2.05) is 15.5 Å². The fraction of sp³-hybridized carbons (Fsp3) is 0.368. The minimum atomic E-state index is -0.432. The molecule has 3 heterocycles. The summed E-state index contributed by atoms with van der Waals surface area (Å²) in [5, 5.41) is 23.3. The van der Waals surface area contributed by atoms with E-state index in [0.29, 0.717) is 29.1 Å². The molecule has 5 rings (SSSR count). The van der Waals surface area contributed by atoms with Crippen LogP contribution in [0.1, 0.15) is 23.8 Å². The van der Waals surface area contributed by atoms with E-state index in [2.05, 4.69) is 5.32 Å². The number of hydrogen-bond acceptors (Lipinski definition) is 6. The van der Waals surface area contributed by atoms with Crippen LogP contribution in [0.5, 0.6) is 5.75 Å². The second-order valence-corrected chi connectivity index (χ2v) is 8.06. The first-order chi connectivity index (χ1) is 13.1. The van der Waals surface area contributed by atoms with Gasteiger partial charge in [-0.25, -0.2) is 4.39 Å². The van der Waals surface area contributed by atoms with Crippen molar-refractivity contribution in [3.8, 4) is 11.8 Å². The summed E-state index contributed by atoms with van der Waals surface area (Å²) in [6.07, 6.45) is 1.93. The van der Waals surface area contributed by atoms with Crippen molar-refractivity contribution in [2.75, 3.05) is 31.1 Å². The van der Waals surface area contributed by atoms with Gasteiger partial charge in [-0.05, 0) is 25.0 Å². The maximum Gasteiger partial charge on any atom is 0.202 e. The average Bonchev–Trinajstić information content (AvgIpc) is 3.46. The molecule has 2 aliphatic rings. The van der Waals surface area contributed by atoms with Crippen molar-refractivity contribution in [2.45, 2.75) is 18.9 Å². The summed E-state index contributed by atoms with van der Waals surface area (Å²) in [7, 11) is 0. The van der Waals surface area contributed by atoms with Gasteiger partial charge in [0, 0.05) is 37.6 Å². The standard InChI is InChI=1S/C19H17FN4O2S/c20-12-7-11-13(8-14(12)23-5-3-22-4-6-23)24(10-1-2-10)19-16(17(11)25)18(26)15(9-21)27-19/h7-8,10,22,26H,1-6H2. The fourth-order valence-electron chi connectivity index (χ4n) is 3.88. The maximum absolute atomic E-state index is 14.9. The van der Waals surface area contributed by atoms with Gasteiger partial charge >= 0.3 is 0 Å². The summed E-state index contributed by atoms with van der Waals surface area (Å²) < 4.78 is 16.9. The van der Waals surface area contributed by atoms with Crippen LogP contribution in [0.3, 0.4) is 0 Å². The van der Waals surface area contributed by atoms with Crippen LogP contribution in [0, 0.1) is 17.1 Å². The number of aromatic hydroxyl groups is 1. The molecule has 0 atom stereocenters. The van der Waals surface area contributed by atoms with Crippen LogP contribution in [0.25, 0.3) is 21.1 Å². The average molecular weight is 384 g/mol. The lowest BCUT2D eigenvalue weighted by atomic mass is 10.1. The molecule has 27 heavy (non-hydrogen) atoms. The lowest BCUT2D eigenvalue weighted by molar-refractivity contribution is 0.482. The molecule has 0 bridgehead atoms. The summed E-state index contributed by atoms with van der Waals surface area (Å²) in [6, 6.07) is 5.21. The predicted octanol–water partition coefficient (Wildman–Crippen LogP) is 2.68. The van der Waals surface area contributed by atoms with Crippen LogP contribution in [0.4, 0.5) is 10.1 Å². The molecule has 0 spiro atoms. The molecule has 2 aromatic heterocycles. The van der Waals surface area contributed by atoms with Crippen LogP contribution < -0.4 is 15.6 Å². The topological polar surface area (TPSA) is 81.3 Å². The largest absolute Gasteiger partial charge is 0.505 e. The Kier molecular flexibility index (Phi) is 3.64. The van der Waals surface area contributed by atoms with Gasteiger partial charge in [-0.15, -0.1) is 11.3 Å². The van der Waals surface area contributed by atoms with Gasteiger partial charge in [0.1, 0.15) is 27.0 Å². The number of fused-ring (bicyclic) bond motifs is 2. The summed E-state index contributed by atoms with van der Waals surface area (Å²) >= 11 is 1.13. The van der Waals surface area contributed by atoms with Gasteiger partial charge in [0.25, 0.3) is 0 Å². The molecular formula is C19H17FN4O2S. The molecule has 1 saturated carbocycles. The molecular weight excluding hydrogens is 367 g/mol. The van der Waals surface area contributed by atoms with Gasteiger partial charge in [0.2, 0.25) is 5.43 Å². The SMILES string of the molecule is N#Cc1sc2c(c1O)c(=O)c1cc(F)c(N3CCNCC3)cc1n2C1CC1. The minimum Gasteiger partial charge on any atom is -0.505 e. The summed E-state index contributed by atoms with van der Waals surface area (Å²) in [4.78, 5) is 15.7. The first-order valence-corrected chi connectivity index (χ1v) is 9.80. The fourth-order valence-corrected chi connectivity index (χ4v) is 4.96. The zero-order valence-corrected chi connectivity index (χ0v) is 15.3. The molecule has 0 amide bonds. The zero-order chi connectivity index (χ0) is 18.7. The van der Waals surface area contributed by atoms with Crippen molar-refractivity contribution >= 4 is 38.1 Å². The number of nitrogens with one attached hydrogen (secondary N) is 1. The van der Waals surface area contributed by atoms with Gasteiger partial charge < -0.3 is 19.9 Å². The third-order valence-corrected chi connectivity index (χ3v) is 6.43. The second kappa shape index (κ2) is 5.94. The second-order valence-electron chi connectivity index (χ2n) is 7.06. The van der Waals surface area contributed by atoms with E-state index in [1.165, 1.54) is 6.07 Å². The number of anilines is 1. The number of rotatable bonds is 2. The number of nitrogens with zero attached hydrogens (tertiary/aromatic N) is 3. The molecule has 2 N–H and O–H groups in total. The van der Waals surface area contributed by atoms with Crippen molar-refractivity contribution in [3.05, 3.63) is 33.1 Å². The van der Waals surface area contributed by atoms with E-state index in [4.69, 9.17) is 0 Å². The van der Waals surface area contributed by atoms with E-state index >= 15 is 0 Å². The molecule has 1 aromatic carbocycles. The monoisotopic (exact) mass is 384 g/mol. The number of aromatic nitrogens is 1. The molecule has 3 aromatic rings. The van der Waals surface area contributed by atoms with Gasteiger partial charge in [-0.2, -0.15) is 5.26 Å². The Bertz CT molecular complexity index is 1180. The van der Waals surface area contributed by atoms with Gasteiger partial charge in [0.05, 0.1) is 11.2 Å². The number of nitriles is 1. The highest BCUT2D eigenvalue weighted by molar-refractivity contribution is 7.19. The van der Waals surface area contributed by atoms with Crippen LogP contribution in [0.15, 0.2) is 16.9 Å².